The van der Waals surface area contributed by atoms with E-state index in [1.54, 1.807) is 0 Å². The van der Waals surface area contributed by atoms with Gasteiger partial charge in [0.05, 0.1) is 5.56 Å². The zero-order valence-corrected chi connectivity index (χ0v) is 15.2. The fraction of sp³-hybridized carbons (Fsp3) is 0.350. The summed E-state index contributed by atoms with van der Waals surface area (Å²) in [5, 5.41) is 3.15. The largest absolute Gasteiger partial charge is 0.418 e. The zero-order chi connectivity index (χ0) is 18.7. The molecule has 6 nitrogen and oxygen atoms in total. The molecule has 3 rings (SSSR count). The van der Waals surface area contributed by atoms with Crippen molar-refractivity contribution in [3.63, 3.8) is 0 Å². The summed E-state index contributed by atoms with van der Waals surface area (Å²) < 4.78 is 5.00. The number of hydrogen-bond donors (Lipinski definition) is 2. The van der Waals surface area contributed by atoms with E-state index < -0.39 is 11.3 Å². The van der Waals surface area contributed by atoms with E-state index in [9.17, 15) is 9.59 Å². The second-order valence-electron chi connectivity index (χ2n) is 7.36. The third kappa shape index (κ3) is 4.20. The molecule has 1 atom stereocenters. The fourth-order valence-corrected chi connectivity index (χ4v) is 3.42. The SMILES string of the molecule is CC(C)CC(C)(Cc1ccccc1)NC(=O)c1cnc2[nH]c(=O)oc2c1. The van der Waals surface area contributed by atoms with Crippen LogP contribution in [-0.2, 0) is 6.42 Å². The number of fused-ring (bicyclic) bond motifs is 1. The van der Waals surface area contributed by atoms with Crippen LogP contribution < -0.4 is 11.1 Å². The van der Waals surface area contributed by atoms with E-state index in [0.717, 1.165) is 12.8 Å². The number of aromatic nitrogens is 2. The highest BCUT2D eigenvalue weighted by atomic mass is 16.4. The maximum absolute atomic E-state index is 12.8. The van der Waals surface area contributed by atoms with Gasteiger partial charge in [-0.1, -0.05) is 44.2 Å². The van der Waals surface area contributed by atoms with Gasteiger partial charge < -0.3 is 9.73 Å². The highest BCUT2D eigenvalue weighted by molar-refractivity contribution is 5.96. The molecule has 0 aliphatic carbocycles. The van der Waals surface area contributed by atoms with Gasteiger partial charge in [0.1, 0.15) is 0 Å². The molecule has 6 heteroatoms. The maximum Gasteiger partial charge on any atom is 0.418 e. The summed E-state index contributed by atoms with van der Waals surface area (Å²) in [6.07, 6.45) is 3.01. The van der Waals surface area contributed by atoms with Crippen LogP contribution in [0, 0.1) is 5.92 Å². The second kappa shape index (κ2) is 7.15. The number of benzene rings is 1. The Hall–Kier alpha value is -2.89. The van der Waals surface area contributed by atoms with Crippen LogP contribution >= 0.6 is 0 Å². The Balaban J connectivity index is 1.84. The zero-order valence-electron chi connectivity index (χ0n) is 15.2. The molecule has 2 aromatic heterocycles. The van der Waals surface area contributed by atoms with E-state index in [1.165, 1.54) is 17.8 Å². The van der Waals surface area contributed by atoms with Crippen molar-refractivity contribution in [2.75, 3.05) is 0 Å². The van der Waals surface area contributed by atoms with E-state index in [-0.39, 0.29) is 11.5 Å². The van der Waals surface area contributed by atoms with Crippen molar-refractivity contribution < 1.29 is 9.21 Å². The normalized spacial score (nSPS) is 13.7. The minimum Gasteiger partial charge on any atom is -0.406 e. The Bertz CT molecular complexity index is 959. The first-order valence-electron chi connectivity index (χ1n) is 8.70. The van der Waals surface area contributed by atoms with Gasteiger partial charge in [-0.2, -0.15) is 0 Å². The maximum atomic E-state index is 12.8. The number of aromatic amines is 1. The van der Waals surface area contributed by atoms with Gasteiger partial charge in [0.15, 0.2) is 11.2 Å². The molecule has 0 aliphatic rings. The monoisotopic (exact) mass is 353 g/mol. The quantitative estimate of drug-likeness (QED) is 0.712. The molecule has 0 radical (unpaired) electrons. The highest BCUT2D eigenvalue weighted by Crippen LogP contribution is 2.23. The predicted molar refractivity (Wildman–Crippen MR) is 100 cm³/mol. The Morgan fingerprint density at radius 3 is 2.73 bits per heavy atom. The molecular formula is C20H23N3O3. The third-order valence-electron chi connectivity index (χ3n) is 4.25. The number of oxazole rings is 1. The van der Waals surface area contributed by atoms with E-state index in [2.05, 4.69) is 48.2 Å². The Kier molecular flexibility index (Phi) is 4.93. The first kappa shape index (κ1) is 17.9. The van der Waals surface area contributed by atoms with Crippen LogP contribution in [0.15, 0.2) is 51.8 Å². The number of H-pyrrole nitrogens is 1. The minimum absolute atomic E-state index is 0.234. The van der Waals surface area contributed by atoms with Crippen molar-refractivity contribution in [1.82, 2.24) is 15.3 Å². The molecule has 1 amide bonds. The number of rotatable bonds is 6. The highest BCUT2D eigenvalue weighted by Gasteiger charge is 2.28. The average molecular weight is 353 g/mol. The van der Waals surface area contributed by atoms with Gasteiger partial charge in [0, 0.05) is 11.7 Å². The van der Waals surface area contributed by atoms with Crippen molar-refractivity contribution in [3.8, 4) is 0 Å². The van der Waals surface area contributed by atoms with Gasteiger partial charge in [0.25, 0.3) is 5.91 Å². The summed E-state index contributed by atoms with van der Waals surface area (Å²) in [5.74, 6) is -0.395. The van der Waals surface area contributed by atoms with Crippen LogP contribution in [-0.4, -0.2) is 21.4 Å². The number of pyridine rings is 1. The van der Waals surface area contributed by atoms with Crippen LogP contribution in [0.4, 0.5) is 0 Å². The molecule has 1 unspecified atom stereocenters. The molecule has 3 aromatic rings. The summed E-state index contributed by atoms with van der Waals surface area (Å²) >= 11 is 0. The number of carbonyl (C=O) groups is 1. The third-order valence-corrected chi connectivity index (χ3v) is 4.25. The lowest BCUT2D eigenvalue weighted by Crippen LogP contribution is -2.48. The molecule has 0 bridgehead atoms. The first-order valence-corrected chi connectivity index (χ1v) is 8.70. The molecule has 0 aliphatic heterocycles. The van der Waals surface area contributed by atoms with E-state index in [1.807, 2.05) is 18.2 Å². The Morgan fingerprint density at radius 2 is 2.04 bits per heavy atom. The number of hydrogen-bond acceptors (Lipinski definition) is 4. The molecule has 2 heterocycles. The topological polar surface area (TPSA) is 88.0 Å². The molecule has 0 saturated heterocycles. The molecule has 26 heavy (non-hydrogen) atoms. The molecule has 136 valence electrons. The fourth-order valence-electron chi connectivity index (χ4n) is 3.42. The number of amides is 1. The van der Waals surface area contributed by atoms with Gasteiger partial charge >= 0.3 is 5.76 Å². The summed E-state index contributed by atoms with van der Waals surface area (Å²) in [6.45, 7) is 6.33. The van der Waals surface area contributed by atoms with Gasteiger partial charge in [-0.15, -0.1) is 0 Å². The summed E-state index contributed by atoms with van der Waals surface area (Å²) in [5.41, 5.74) is 1.74. The molecular weight excluding hydrogens is 330 g/mol. The van der Waals surface area contributed by atoms with E-state index >= 15 is 0 Å². The molecule has 0 spiro atoms. The van der Waals surface area contributed by atoms with Crippen LogP contribution in [0.5, 0.6) is 0 Å². The Labute approximate surface area is 151 Å². The van der Waals surface area contributed by atoms with Gasteiger partial charge in [-0.25, -0.2) is 9.78 Å². The van der Waals surface area contributed by atoms with Crippen LogP contribution in [0.2, 0.25) is 0 Å². The lowest BCUT2D eigenvalue weighted by molar-refractivity contribution is 0.0894. The smallest absolute Gasteiger partial charge is 0.406 e. The summed E-state index contributed by atoms with van der Waals surface area (Å²) in [4.78, 5) is 30.6. The second-order valence-corrected chi connectivity index (χ2v) is 7.36. The van der Waals surface area contributed by atoms with Crippen molar-refractivity contribution in [3.05, 3.63) is 64.3 Å². The first-order chi connectivity index (χ1) is 12.3. The molecule has 0 saturated carbocycles. The van der Waals surface area contributed by atoms with Crippen molar-refractivity contribution >= 4 is 17.1 Å². The van der Waals surface area contributed by atoms with Crippen LogP contribution in [0.3, 0.4) is 0 Å². The average Bonchev–Trinajstić information content (AvgIpc) is 2.93. The molecule has 1 aromatic carbocycles. The van der Waals surface area contributed by atoms with Crippen molar-refractivity contribution in [1.29, 1.82) is 0 Å². The Morgan fingerprint density at radius 1 is 1.31 bits per heavy atom. The summed E-state index contributed by atoms with van der Waals surface area (Å²) in [7, 11) is 0. The number of carbonyl (C=O) groups excluding carboxylic acids is 1. The van der Waals surface area contributed by atoms with Crippen LogP contribution in [0.25, 0.3) is 11.2 Å². The van der Waals surface area contributed by atoms with Gasteiger partial charge in [-0.05, 0) is 37.3 Å². The summed E-state index contributed by atoms with van der Waals surface area (Å²) in [6, 6.07) is 11.6. The van der Waals surface area contributed by atoms with Crippen molar-refractivity contribution in [2.45, 2.75) is 39.2 Å². The molecule has 0 fully saturated rings. The lowest BCUT2D eigenvalue weighted by Gasteiger charge is -2.33. The lowest BCUT2D eigenvalue weighted by atomic mass is 9.84. The van der Waals surface area contributed by atoms with Crippen LogP contribution in [0.1, 0.15) is 43.1 Å². The van der Waals surface area contributed by atoms with E-state index in [0.29, 0.717) is 17.1 Å². The van der Waals surface area contributed by atoms with Gasteiger partial charge in [-0.3, -0.25) is 9.78 Å². The molecule has 2 N–H and O–H groups in total. The minimum atomic E-state index is -0.584. The number of nitrogens with one attached hydrogen (secondary N) is 2. The standard InChI is InChI=1S/C20H23N3O3/c1-13(2)10-20(3,11-14-7-5-4-6-8-14)23-18(24)15-9-16-17(21-12-15)22-19(25)26-16/h4-9,12-13H,10-11H2,1-3H3,(H,23,24)(H,21,22,25). The predicted octanol–water partition coefficient (Wildman–Crippen LogP) is 3.29. The van der Waals surface area contributed by atoms with Crippen molar-refractivity contribution in [2.24, 2.45) is 5.92 Å². The van der Waals surface area contributed by atoms with E-state index in [4.69, 9.17) is 4.42 Å². The van der Waals surface area contributed by atoms with Gasteiger partial charge in [0.2, 0.25) is 0 Å². The number of nitrogens with zero attached hydrogens (tertiary/aromatic N) is 1.